The Labute approximate surface area is 58.5 Å². The van der Waals surface area contributed by atoms with E-state index in [0.29, 0.717) is 0 Å². The highest BCUT2D eigenvalue weighted by molar-refractivity contribution is 7.00. The molecule has 0 spiro atoms. The lowest BCUT2D eigenvalue weighted by molar-refractivity contribution is -0.870. The summed E-state index contributed by atoms with van der Waals surface area (Å²) in [7, 11) is 8.43. The van der Waals surface area contributed by atoms with Gasteiger partial charge in [-0.15, -0.1) is 0 Å². The molecule has 0 amide bonds. The molecule has 0 unspecified atom stereocenters. The molecule has 3 nitrogen and oxygen atoms in total. The van der Waals surface area contributed by atoms with Crippen LogP contribution in [0.5, 0.6) is 0 Å². The molecular formula is C5H14NO2P+. The van der Waals surface area contributed by atoms with Gasteiger partial charge in [0.15, 0.2) is 0 Å². The second-order valence-corrected chi connectivity index (χ2v) is 2.74. The molecule has 0 aliphatic rings. The minimum atomic E-state index is 0.281. The lowest BCUT2D eigenvalue weighted by atomic mass is 10.5. The molecule has 0 saturated carbocycles. The van der Waals surface area contributed by atoms with E-state index in [1.807, 2.05) is 0 Å². The molecule has 0 fully saturated rings. The summed E-state index contributed by atoms with van der Waals surface area (Å²) in [5.74, 6) is 0. The Balaban J connectivity index is 0. The number of hydrogen-bond acceptors (Lipinski definition) is 2. The zero-order chi connectivity index (χ0) is 7.91. The van der Waals surface area contributed by atoms with Crippen LogP contribution >= 0.6 is 9.12 Å². The van der Waals surface area contributed by atoms with Crippen molar-refractivity contribution in [3.63, 3.8) is 0 Å². The van der Waals surface area contributed by atoms with Gasteiger partial charge in [0.1, 0.15) is 6.54 Å². The maximum absolute atomic E-state index is 8.39. The van der Waals surface area contributed by atoms with Crippen molar-refractivity contribution in [3.8, 4) is 0 Å². The van der Waals surface area contributed by atoms with E-state index in [-0.39, 0.29) is 6.61 Å². The fourth-order valence-electron chi connectivity index (χ4n) is 0.300. The van der Waals surface area contributed by atoms with E-state index in [0.717, 1.165) is 11.0 Å². The van der Waals surface area contributed by atoms with Crippen LogP contribution in [0.25, 0.3) is 0 Å². The van der Waals surface area contributed by atoms with Crippen LogP contribution in [0.15, 0.2) is 0 Å². The van der Waals surface area contributed by atoms with Gasteiger partial charge >= 0.3 is 0 Å². The summed E-state index contributed by atoms with van der Waals surface area (Å²) >= 11 is 0. The molecule has 0 aromatic carbocycles. The average molecular weight is 151 g/mol. The first kappa shape index (κ1) is 11.8. The third-order valence-corrected chi connectivity index (χ3v) is 0.771. The monoisotopic (exact) mass is 151 g/mol. The fourth-order valence-corrected chi connectivity index (χ4v) is 0.300. The van der Waals surface area contributed by atoms with Crippen LogP contribution < -0.4 is 0 Å². The number of aliphatic hydroxyl groups excluding tert-OH is 1. The summed E-state index contributed by atoms with van der Waals surface area (Å²) < 4.78 is 8.79. The molecule has 0 saturated heterocycles. The van der Waals surface area contributed by atoms with Crippen LogP contribution in [0.2, 0.25) is 0 Å². The maximum atomic E-state index is 8.39. The molecule has 0 aromatic heterocycles. The molecule has 0 aromatic rings. The predicted octanol–water partition coefficient (Wildman–Crippen LogP) is 0.427. The van der Waals surface area contributed by atoms with E-state index in [1.54, 1.807) is 0 Å². The smallest absolute Gasteiger partial charge is 0.261 e. The number of aliphatic hydroxyl groups is 1. The third kappa shape index (κ3) is 18.0. The number of nitrogens with zero attached hydrogens (tertiary/aromatic N) is 1. The first-order valence-corrected chi connectivity index (χ1v) is 3.02. The van der Waals surface area contributed by atoms with Gasteiger partial charge in [0.25, 0.3) is 9.12 Å². The van der Waals surface area contributed by atoms with Gasteiger partial charge in [-0.05, 0) is 0 Å². The van der Waals surface area contributed by atoms with Crippen molar-refractivity contribution in [2.75, 3.05) is 34.3 Å². The van der Waals surface area contributed by atoms with E-state index in [9.17, 15) is 0 Å². The molecule has 1 radical (unpaired) electrons. The first-order valence-electron chi connectivity index (χ1n) is 2.66. The third-order valence-electron chi connectivity index (χ3n) is 0.771. The van der Waals surface area contributed by atoms with Gasteiger partial charge in [-0.3, -0.25) is 4.57 Å². The predicted molar refractivity (Wildman–Crippen MR) is 37.6 cm³/mol. The number of quaternary nitrogens is 1. The van der Waals surface area contributed by atoms with Crippen LogP contribution in [-0.2, 0) is 4.57 Å². The van der Waals surface area contributed by atoms with E-state index in [4.69, 9.17) is 9.67 Å². The van der Waals surface area contributed by atoms with Gasteiger partial charge in [0, 0.05) is 0 Å². The van der Waals surface area contributed by atoms with Crippen LogP contribution in [0.1, 0.15) is 0 Å². The number of hydrogen-bond donors (Lipinski definition) is 1. The van der Waals surface area contributed by atoms with E-state index < -0.39 is 0 Å². The van der Waals surface area contributed by atoms with Crippen molar-refractivity contribution < 1.29 is 14.2 Å². The van der Waals surface area contributed by atoms with Gasteiger partial charge in [-0.2, -0.15) is 0 Å². The summed E-state index contributed by atoms with van der Waals surface area (Å²) in [6.45, 7) is 1.11. The van der Waals surface area contributed by atoms with Crippen molar-refractivity contribution in [1.29, 1.82) is 0 Å². The second-order valence-electron chi connectivity index (χ2n) is 2.74. The van der Waals surface area contributed by atoms with E-state index in [2.05, 4.69) is 30.3 Å². The largest absolute Gasteiger partial charge is 0.391 e. The maximum Gasteiger partial charge on any atom is 0.261 e. The molecule has 0 heterocycles. The molecule has 0 rings (SSSR count). The molecule has 0 aliphatic carbocycles. The molecule has 4 heteroatoms. The highest BCUT2D eigenvalue weighted by Crippen LogP contribution is 1.84. The fraction of sp³-hybridized carbons (Fsp3) is 1.00. The van der Waals surface area contributed by atoms with Gasteiger partial charge in [0.05, 0.1) is 27.7 Å². The Morgan fingerprint density at radius 3 is 1.67 bits per heavy atom. The SMILES string of the molecule is C[N+](C)(C)CCO.O=[P]. The quantitative estimate of drug-likeness (QED) is 0.459. The topological polar surface area (TPSA) is 37.3 Å². The lowest BCUT2D eigenvalue weighted by Gasteiger charge is -2.21. The van der Waals surface area contributed by atoms with Gasteiger partial charge in [-0.1, -0.05) is 0 Å². The van der Waals surface area contributed by atoms with Crippen molar-refractivity contribution in [1.82, 2.24) is 0 Å². The van der Waals surface area contributed by atoms with Crippen LogP contribution in [0, 0.1) is 0 Å². The molecule has 55 valence electrons. The number of likely N-dealkylation sites (N-methyl/N-ethyl adjacent to an activating group) is 1. The van der Waals surface area contributed by atoms with Crippen LogP contribution in [-0.4, -0.2) is 43.9 Å². The van der Waals surface area contributed by atoms with Gasteiger partial charge in [0.2, 0.25) is 0 Å². The summed E-state index contributed by atoms with van der Waals surface area (Å²) in [4.78, 5) is 0. The average Bonchev–Trinajstić information content (AvgIpc) is 1.69. The lowest BCUT2D eigenvalue weighted by Crippen LogP contribution is -2.36. The standard InChI is InChI=1S/C5H14NO.OP/c1-6(2,3)4-5-7;1-2/h7H,4-5H2,1-3H3;/q+1;. The first-order chi connectivity index (χ1) is 4.06. The second kappa shape index (κ2) is 6.14. The molecule has 1 N–H and O–H groups in total. The Kier molecular flexibility index (Phi) is 8.04. The normalized spacial score (nSPS) is 9.78. The summed E-state index contributed by atoms with van der Waals surface area (Å²) in [5, 5.41) is 8.39. The van der Waals surface area contributed by atoms with Crippen LogP contribution in [0.4, 0.5) is 0 Å². The molecule has 0 aliphatic heterocycles. The Morgan fingerprint density at radius 1 is 1.33 bits per heavy atom. The zero-order valence-corrected chi connectivity index (χ0v) is 7.06. The van der Waals surface area contributed by atoms with Gasteiger partial charge in [-0.25, -0.2) is 0 Å². The molecular weight excluding hydrogens is 137 g/mol. The summed E-state index contributed by atoms with van der Waals surface area (Å²) in [6, 6.07) is 0. The van der Waals surface area contributed by atoms with Crippen LogP contribution in [0.3, 0.4) is 0 Å². The molecule has 9 heavy (non-hydrogen) atoms. The van der Waals surface area contributed by atoms with Crippen molar-refractivity contribution in [2.24, 2.45) is 0 Å². The van der Waals surface area contributed by atoms with Crippen molar-refractivity contribution in [3.05, 3.63) is 0 Å². The van der Waals surface area contributed by atoms with E-state index in [1.165, 1.54) is 0 Å². The minimum absolute atomic E-state index is 0.281. The summed E-state index contributed by atoms with van der Waals surface area (Å²) in [5.41, 5.74) is 0. The molecule has 0 bridgehead atoms. The van der Waals surface area contributed by atoms with Crippen molar-refractivity contribution in [2.45, 2.75) is 0 Å². The summed E-state index contributed by atoms with van der Waals surface area (Å²) in [6.07, 6.45) is 0. The Bertz CT molecular complexity index is 62.5. The number of rotatable bonds is 2. The highest BCUT2D eigenvalue weighted by Gasteiger charge is 2.02. The molecule has 0 atom stereocenters. The van der Waals surface area contributed by atoms with Gasteiger partial charge < -0.3 is 9.59 Å². The van der Waals surface area contributed by atoms with Crippen molar-refractivity contribution >= 4 is 9.12 Å². The minimum Gasteiger partial charge on any atom is -0.391 e. The zero-order valence-electron chi connectivity index (χ0n) is 6.16. The Morgan fingerprint density at radius 2 is 1.67 bits per heavy atom. The Hall–Kier alpha value is 0.0200. The van der Waals surface area contributed by atoms with E-state index >= 15 is 0 Å². The highest BCUT2D eigenvalue weighted by atomic mass is 31.0.